The SMILES string of the molecule is [2H]C([2H])([2H])OCc1cc2nccc(C(=O)OCC)n2n1. The molecule has 0 aromatic carbocycles. The van der Waals surface area contributed by atoms with Crippen LogP contribution in [0, 0.1) is 0 Å². The molecule has 0 radical (unpaired) electrons. The summed E-state index contributed by atoms with van der Waals surface area (Å²) in [7, 11) is -2.49. The third-order valence-electron chi connectivity index (χ3n) is 2.11. The Morgan fingerprint density at radius 1 is 1.65 bits per heavy atom. The summed E-state index contributed by atoms with van der Waals surface area (Å²) >= 11 is 0. The summed E-state index contributed by atoms with van der Waals surface area (Å²) in [4.78, 5) is 15.8. The Morgan fingerprint density at radius 3 is 3.29 bits per heavy atom. The summed E-state index contributed by atoms with van der Waals surface area (Å²) < 4.78 is 31.8. The van der Waals surface area contributed by atoms with Crippen LogP contribution < -0.4 is 0 Å². The summed E-state index contributed by atoms with van der Waals surface area (Å²) in [5.41, 5.74) is 1.00. The highest BCUT2D eigenvalue weighted by atomic mass is 16.5. The van der Waals surface area contributed by atoms with Crippen LogP contribution in [-0.2, 0) is 16.1 Å². The van der Waals surface area contributed by atoms with E-state index < -0.39 is 13.0 Å². The van der Waals surface area contributed by atoms with Crippen molar-refractivity contribution in [2.45, 2.75) is 13.5 Å². The Kier molecular flexibility index (Phi) is 2.37. The first-order valence-electron chi connectivity index (χ1n) is 6.55. The van der Waals surface area contributed by atoms with Crippen LogP contribution in [0.4, 0.5) is 0 Å². The van der Waals surface area contributed by atoms with E-state index in [1.807, 2.05) is 0 Å². The maximum atomic E-state index is 11.8. The van der Waals surface area contributed by atoms with Gasteiger partial charge in [-0.05, 0) is 13.0 Å². The number of hydrogen-bond acceptors (Lipinski definition) is 5. The standard InChI is InChI=1S/C11H13N3O3/c1-3-17-11(15)9-4-5-12-10-6-8(7-16-2)13-14(9)10/h4-6H,3,7H2,1-2H3/i2D3. The van der Waals surface area contributed by atoms with Gasteiger partial charge in [-0.1, -0.05) is 0 Å². The molecule has 90 valence electrons. The number of carbonyl (C=O) groups is 1. The molecule has 0 atom stereocenters. The minimum Gasteiger partial charge on any atom is -0.461 e. The molecule has 2 heterocycles. The van der Waals surface area contributed by atoms with Crippen molar-refractivity contribution in [2.24, 2.45) is 0 Å². The van der Waals surface area contributed by atoms with Crippen molar-refractivity contribution < 1.29 is 18.4 Å². The van der Waals surface area contributed by atoms with Crippen LogP contribution in [0.15, 0.2) is 18.3 Å². The van der Waals surface area contributed by atoms with Crippen LogP contribution in [0.25, 0.3) is 5.65 Å². The van der Waals surface area contributed by atoms with E-state index in [1.165, 1.54) is 16.8 Å². The molecule has 0 unspecified atom stereocenters. The molecular formula is C11H13N3O3. The van der Waals surface area contributed by atoms with E-state index in [0.29, 0.717) is 11.3 Å². The third-order valence-corrected chi connectivity index (χ3v) is 2.11. The number of hydrogen-bond donors (Lipinski definition) is 0. The topological polar surface area (TPSA) is 65.7 Å². The number of esters is 1. The average Bonchev–Trinajstić information content (AvgIpc) is 2.78. The first-order valence-corrected chi connectivity index (χ1v) is 5.05. The molecule has 0 saturated heterocycles. The van der Waals surface area contributed by atoms with E-state index in [9.17, 15) is 4.79 Å². The van der Waals surface area contributed by atoms with E-state index in [1.54, 1.807) is 13.0 Å². The normalized spacial score (nSPS) is 14.1. The fraction of sp³-hybridized carbons (Fsp3) is 0.364. The fourth-order valence-electron chi connectivity index (χ4n) is 1.45. The number of methoxy groups -OCH3 is 1. The lowest BCUT2D eigenvalue weighted by Gasteiger charge is -2.03. The van der Waals surface area contributed by atoms with Crippen molar-refractivity contribution >= 4 is 11.6 Å². The molecule has 0 saturated carbocycles. The van der Waals surface area contributed by atoms with E-state index in [-0.39, 0.29) is 18.9 Å². The van der Waals surface area contributed by atoms with Gasteiger partial charge in [-0.25, -0.2) is 14.3 Å². The first-order chi connectivity index (χ1) is 9.40. The van der Waals surface area contributed by atoms with Crippen LogP contribution in [0.3, 0.4) is 0 Å². The van der Waals surface area contributed by atoms with Crippen molar-refractivity contribution in [3.8, 4) is 0 Å². The second-order valence-electron chi connectivity index (χ2n) is 3.24. The first kappa shape index (κ1) is 8.19. The quantitative estimate of drug-likeness (QED) is 0.745. The van der Waals surface area contributed by atoms with E-state index in [4.69, 9.17) is 8.85 Å². The van der Waals surface area contributed by atoms with Gasteiger partial charge < -0.3 is 9.47 Å². The van der Waals surface area contributed by atoms with Crippen LogP contribution in [0.2, 0.25) is 0 Å². The zero-order valence-corrected chi connectivity index (χ0v) is 9.21. The lowest BCUT2D eigenvalue weighted by molar-refractivity contribution is 0.0516. The Hall–Kier alpha value is -1.95. The van der Waals surface area contributed by atoms with Crippen molar-refractivity contribution in [1.29, 1.82) is 0 Å². The Labute approximate surface area is 102 Å². The molecule has 6 heteroatoms. The number of aromatic nitrogens is 3. The second-order valence-corrected chi connectivity index (χ2v) is 3.24. The highest BCUT2D eigenvalue weighted by molar-refractivity contribution is 5.88. The molecule has 2 rings (SSSR count). The predicted molar refractivity (Wildman–Crippen MR) is 59.7 cm³/mol. The molecule has 0 aliphatic heterocycles. The second kappa shape index (κ2) is 4.92. The fourth-order valence-corrected chi connectivity index (χ4v) is 1.45. The minimum atomic E-state index is -2.49. The predicted octanol–water partition coefficient (Wildman–Crippen LogP) is 1.05. The summed E-state index contributed by atoms with van der Waals surface area (Å²) in [6.07, 6.45) is 1.46. The van der Waals surface area contributed by atoms with Gasteiger partial charge in [-0.15, -0.1) is 0 Å². The van der Waals surface area contributed by atoms with Crippen molar-refractivity contribution in [3.63, 3.8) is 0 Å². The van der Waals surface area contributed by atoms with E-state index in [2.05, 4.69) is 14.8 Å². The summed E-state index contributed by atoms with van der Waals surface area (Å²) in [5.74, 6) is -0.522. The highest BCUT2D eigenvalue weighted by Gasteiger charge is 2.13. The molecule has 2 aromatic heterocycles. The smallest absolute Gasteiger partial charge is 0.357 e. The molecule has 0 N–H and O–H groups in total. The average molecular weight is 238 g/mol. The van der Waals surface area contributed by atoms with E-state index >= 15 is 0 Å². The number of nitrogens with zero attached hydrogens (tertiary/aromatic N) is 3. The zero-order chi connectivity index (χ0) is 14.8. The van der Waals surface area contributed by atoms with Crippen molar-refractivity contribution in [3.05, 3.63) is 29.7 Å². The van der Waals surface area contributed by atoms with Gasteiger partial charge in [0.2, 0.25) is 0 Å². The molecule has 2 aromatic rings. The summed E-state index contributed by atoms with van der Waals surface area (Å²) in [6, 6.07) is 3.03. The molecule has 0 aliphatic carbocycles. The van der Waals surface area contributed by atoms with Crippen LogP contribution in [0.1, 0.15) is 27.2 Å². The van der Waals surface area contributed by atoms with Gasteiger partial charge in [-0.2, -0.15) is 5.10 Å². The Balaban J connectivity index is 2.29. The summed E-state index contributed by atoms with van der Waals surface area (Å²) in [6.45, 7) is 1.76. The zero-order valence-electron chi connectivity index (χ0n) is 12.2. The molecule has 0 amide bonds. The van der Waals surface area contributed by atoms with Gasteiger partial charge in [0.1, 0.15) is 0 Å². The molecule has 0 bridgehead atoms. The van der Waals surface area contributed by atoms with Gasteiger partial charge in [0, 0.05) is 19.3 Å². The largest absolute Gasteiger partial charge is 0.461 e. The van der Waals surface area contributed by atoms with E-state index in [0.717, 1.165) is 0 Å². The molecule has 6 nitrogen and oxygen atoms in total. The number of fused-ring (bicyclic) bond motifs is 1. The van der Waals surface area contributed by atoms with Gasteiger partial charge in [0.05, 0.1) is 23.0 Å². The van der Waals surface area contributed by atoms with Crippen LogP contribution in [0.5, 0.6) is 0 Å². The highest BCUT2D eigenvalue weighted by Crippen LogP contribution is 2.09. The number of carbonyl (C=O) groups excluding carboxylic acids is 1. The molecular weight excluding hydrogens is 222 g/mol. The summed E-state index contributed by atoms with van der Waals surface area (Å²) in [5, 5.41) is 4.10. The lowest BCUT2D eigenvalue weighted by atomic mass is 10.4. The van der Waals surface area contributed by atoms with Crippen molar-refractivity contribution in [1.82, 2.24) is 14.6 Å². The van der Waals surface area contributed by atoms with Crippen LogP contribution >= 0.6 is 0 Å². The lowest BCUT2D eigenvalue weighted by Crippen LogP contribution is -2.11. The van der Waals surface area contributed by atoms with Gasteiger partial charge in [-0.3, -0.25) is 0 Å². The Morgan fingerprint density at radius 2 is 2.53 bits per heavy atom. The van der Waals surface area contributed by atoms with Crippen LogP contribution in [-0.4, -0.2) is 34.2 Å². The maximum absolute atomic E-state index is 11.8. The molecule has 0 fully saturated rings. The maximum Gasteiger partial charge on any atom is 0.357 e. The Bertz CT molecular complexity index is 624. The third kappa shape index (κ3) is 2.26. The molecule has 0 spiro atoms. The van der Waals surface area contributed by atoms with Crippen molar-refractivity contribution in [2.75, 3.05) is 13.6 Å². The van der Waals surface area contributed by atoms with Gasteiger partial charge in [0.25, 0.3) is 0 Å². The van der Waals surface area contributed by atoms with Gasteiger partial charge in [0.15, 0.2) is 11.3 Å². The monoisotopic (exact) mass is 238 g/mol. The number of ether oxygens (including phenoxy) is 2. The minimum absolute atomic E-state index is 0.192. The number of rotatable bonds is 4. The molecule has 0 aliphatic rings. The van der Waals surface area contributed by atoms with Gasteiger partial charge >= 0.3 is 5.97 Å². The molecule has 17 heavy (non-hydrogen) atoms.